The lowest BCUT2D eigenvalue weighted by atomic mass is 10.1. The number of hydrogen-bond acceptors (Lipinski definition) is 13. The van der Waals surface area contributed by atoms with E-state index in [4.69, 9.17) is 38.5 Å². The van der Waals surface area contributed by atoms with Crippen molar-refractivity contribution in [3.63, 3.8) is 0 Å². The van der Waals surface area contributed by atoms with Crippen molar-refractivity contribution >= 4 is 31.2 Å². The number of halogens is 1. The van der Waals surface area contributed by atoms with Gasteiger partial charge in [0, 0.05) is 5.69 Å². The number of alkyl halides is 1. The normalized spacial score (nSPS) is 12.6. The van der Waals surface area contributed by atoms with E-state index in [-0.39, 0.29) is 6.42 Å². The number of nitrogens with zero attached hydrogens (tertiary/aromatic N) is 3. The molecule has 0 fully saturated rings. The zero-order valence-corrected chi connectivity index (χ0v) is 22.6. The van der Waals surface area contributed by atoms with Crippen LogP contribution < -0.4 is 5.73 Å². The molecule has 0 saturated carbocycles. The molecule has 0 aromatic carbocycles. The number of ether oxygens (including phenoxy) is 5. The highest BCUT2D eigenvalue weighted by Crippen LogP contribution is 2.48. The lowest BCUT2D eigenvalue weighted by molar-refractivity contribution is -0.0381. The van der Waals surface area contributed by atoms with Gasteiger partial charge >= 0.3 is 19.9 Å². The van der Waals surface area contributed by atoms with Crippen molar-refractivity contribution < 1.29 is 51.3 Å². The third kappa shape index (κ3) is 10.8. The first-order chi connectivity index (χ1) is 18.0. The van der Waals surface area contributed by atoms with Gasteiger partial charge in [-0.15, -0.1) is 0 Å². The number of anilines is 1. The Labute approximate surface area is 219 Å². The lowest BCUT2D eigenvalue weighted by Crippen LogP contribution is -2.20. The van der Waals surface area contributed by atoms with Crippen molar-refractivity contribution in [3.8, 4) is 0 Å². The van der Waals surface area contributed by atoms with Gasteiger partial charge in [0.15, 0.2) is 5.82 Å². The summed E-state index contributed by atoms with van der Waals surface area (Å²) in [6.45, 7) is 3.93. The number of aryl methyl sites for hydroxylation is 1. The van der Waals surface area contributed by atoms with Gasteiger partial charge in [0.1, 0.15) is 24.9 Å². The Bertz CT molecular complexity index is 1050. The Balaban J connectivity index is 1.90. The maximum Gasteiger partial charge on any atom is 0.510 e. The van der Waals surface area contributed by atoms with Crippen LogP contribution in [0, 0.1) is 0 Å². The zero-order valence-electron chi connectivity index (χ0n) is 21.7. The molecule has 38 heavy (non-hydrogen) atoms. The molecule has 1 unspecified atom stereocenters. The Kier molecular flexibility index (Phi) is 12.7. The van der Waals surface area contributed by atoms with Crippen molar-refractivity contribution in [2.75, 3.05) is 32.3 Å². The highest BCUT2D eigenvalue weighted by atomic mass is 31.2. The van der Waals surface area contributed by atoms with Gasteiger partial charge in [-0.3, -0.25) is 13.6 Å². The van der Waals surface area contributed by atoms with Gasteiger partial charge in [-0.1, -0.05) is 0 Å². The third-order valence-corrected chi connectivity index (χ3v) is 6.14. The summed E-state index contributed by atoms with van der Waals surface area (Å²) in [5, 5.41) is 4.16. The molecule has 0 aliphatic heterocycles. The fourth-order valence-corrected chi connectivity index (χ4v) is 4.03. The van der Waals surface area contributed by atoms with Gasteiger partial charge < -0.3 is 29.4 Å². The number of carbonyl (C=O) groups excluding carboxylic acids is 2. The number of nitrogens with two attached hydrogens (primary N) is 1. The number of aromatic nitrogens is 3. The summed E-state index contributed by atoms with van der Waals surface area (Å²) in [7, 11) is -4.18. The summed E-state index contributed by atoms with van der Waals surface area (Å²) in [6, 6.07) is 3.63. The molecule has 2 aromatic heterocycles. The molecule has 1 atom stereocenters. The molecule has 0 bridgehead atoms. The van der Waals surface area contributed by atoms with Crippen molar-refractivity contribution in [1.29, 1.82) is 0 Å². The van der Waals surface area contributed by atoms with Crippen LogP contribution in [0.1, 0.15) is 46.2 Å². The Morgan fingerprint density at radius 3 is 2.21 bits per heavy atom. The average molecular weight is 565 g/mol. The fraction of sp³-hybridized carbons (Fsp3) is 0.636. The van der Waals surface area contributed by atoms with Crippen LogP contribution in [-0.2, 0) is 43.7 Å². The van der Waals surface area contributed by atoms with E-state index in [0.29, 0.717) is 24.2 Å². The summed E-state index contributed by atoms with van der Waals surface area (Å²) >= 11 is 0. The smallest absolute Gasteiger partial charge is 0.432 e. The Morgan fingerprint density at radius 2 is 1.66 bits per heavy atom. The molecule has 14 nitrogen and oxygen atoms in total. The minimum atomic E-state index is -4.18. The molecule has 0 saturated heterocycles. The van der Waals surface area contributed by atoms with Crippen LogP contribution >= 0.6 is 7.60 Å². The topological polar surface area (TPSA) is 172 Å². The van der Waals surface area contributed by atoms with Crippen LogP contribution in [0.5, 0.6) is 0 Å². The average Bonchev–Trinajstić information content (AvgIpc) is 3.24. The standard InChI is InChI=1S/C22H34FN4O10P/c1-15(2)36-21(28)31-12-34-38(30,35-13-32-22(29)37-16(3)4)14-33-18(10-23)7-5-6-17-8-9-19-20(24)25-11-26-27(17)19/h8-9,11,15-16,18H,5-7,10,12-14H2,1-4H3,(H2,24,25,26). The predicted molar refractivity (Wildman–Crippen MR) is 131 cm³/mol. The lowest BCUT2D eigenvalue weighted by Gasteiger charge is -2.21. The second-order valence-corrected chi connectivity index (χ2v) is 10.5. The van der Waals surface area contributed by atoms with Crippen molar-refractivity contribution in [3.05, 3.63) is 24.2 Å². The van der Waals surface area contributed by atoms with Crippen LogP contribution in [0.4, 0.5) is 19.8 Å². The number of fused-ring (bicyclic) bond motifs is 1. The third-order valence-electron chi connectivity index (χ3n) is 4.68. The van der Waals surface area contributed by atoms with Crippen LogP contribution in [0.25, 0.3) is 5.52 Å². The van der Waals surface area contributed by atoms with Crippen LogP contribution in [-0.4, -0.2) is 71.8 Å². The van der Waals surface area contributed by atoms with Gasteiger partial charge in [-0.2, -0.15) is 5.10 Å². The van der Waals surface area contributed by atoms with Gasteiger partial charge in [0.25, 0.3) is 0 Å². The summed E-state index contributed by atoms with van der Waals surface area (Å²) < 4.78 is 62.9. The molecule has 0 radical (unpaired) electrons. The number of carbonyl (C=O) groups is 2. The summed E-state index contributed by atoms with van der Waals surface area (Å²) in [4.78, 5) is 27.0. The molecule has 2 heterocycles. The Morgan fingerprint density at radius 1 is 1.05 bits per heavy atom. The van der Waals surface area contributed by atoms with Crippen LogP contribution in [0.3, 0.4) is 0 Å². The van der Waals surface area contributed by atoms with Crippen molar-refractivity contribution in [1.82, 2.24) is 14.6 Å². The van der Waals surface area contributed by atoms with E-state index in [1.54, 1.807) is 38.3 Å². The highest BCUT2D eigenvalue weighted by molar-refractivity contribution is 7.53. The summed E-state index contributed by atoms with van der Waals surface area (Å²) in [5.41, 5.74) is 7.34. The molecule has 0 aliphatic rings. The first-order valence-electron chi connectivity index (χ1n) is 11.8. The van der Waals surface area contributed by atoms with Crippen LogP contribution in [0.2, 0.25) is 0 Å². The monoisotopic (exact) mass is 564 g/mol. The number of nitrogen functional groups attached to an aromatic ring is 1. The molecule has 2 rings (SSSR count). The second-order valence-electron chi connectivity index (χ2n) is 8.46. The van der Waals surface area contributed by atoms with E-state index in [0.717, 1.165) is 5.69 Å². The van der Waals surface area contributed by atoms with Crippen molar-refractivity contribution in [2.45, 2.75) is 65.3 Å². The van der Waals surface area contributed by atoms with Gasteiger partial charge in [0.2, 0.25) is 13.6 Å². The van der Waals surface area contributed by atoms with E-state index in [9.17, 15) is 18.5 Å². The summed E-state index contributed by atoms with van der Waals surface area (Å²) in [5.74, 6) is 0.342. The molecule has 2 aromatic rings. The van der Waals surface area contributed by atoms with E-state index in [1.807, 2.05) is 6.07 Å². The predicted octanol–water partition coefficient (Wildman–Crippen LogP) is 4.21. The molecular formula is C22H34FN4O10P. The molecule has 0 spiro atoms. The van der Waals surface area contributed by atoms with E-state index in [2.05, 4.69) is 10.1 Å². The molecular weight excluding hydrogens is 530 g/mol. The second kappa shape index (κ2) is 15.4. The largest absolute Gasteiger partial charge is 0.510 e. The zero-order chi connectivity index (χ0) is 28.1. The molecule has 0 amide bonds. The maximum absolute atomic E-state index is 13.7. The molecule has 0 aliphatic carbocycles. The maximum atomic E-state index is 13.7. The molecule has 2 N–H and O–H groups in total. The van der Waals surface area contributed by atoms with Gasteiger partial charge in [-0.25, -0.2) is 23.5 Å². The van der Waals surface area contributed by atoms with Gasteiger partial charge in [0.05, 0.1) is 18.3 Å². The van der Waals surface area contributed by atoms with Crippen molar-refractivity contribution in [2.24, 2.45) is 0 Å². The van der Waals surface area contributed by atoms with Crippen LogP contribution in [0.15, 0.2) is 18.5 Å². The fourth-order valence-electron chi connectivity index (χ4n) is 2.98. The minimum absolute atomic E-state index is 0.263. The van der Waals surface area contributed by atoms with E-state index >= 15 is 0 Å². The summed E-state index contributed by atoms with van der Waals surface area (Å²) in [6.07, 6.45) is -2.02. The quantitative estimate of drug-likeness (QED) is 0.175. The first kappa shape index (κ1) is 31.2. The SMILES string of the molecule is CC(C)OC(=O)OCOP(=O)(COC(CF)CCCc1ccc2c(N)ncnn12)OCOC(=O)OC(C)C. The number of hydrogen-bond donors (Lipinski definition) is 1. The molecule has 16 heteroatoms. The molecule has 214 valence electrons. The highest BCUT2D eigenvalue weighted by Gasteiger charge is 2.29. The number of rotatable bonds is 16. The first-order valence-corrected chi connectivity index (χ1v) is 13.6. The Hall–Kier alpha value is -3.00. The minimum Gasteiger partial charge on any atom is -0.432 e. The van der Waals surface area contributed by atoms with E-state index in [1.165, 1.54) is 6.33 Å². The van der Waals surface area contributed by atoms with E-state index < -0.39 is 64.8 Å². The van der Waals surface area contributed by atoms with Gasteiger partial charge in [-0.05, 0) is 59.1 Å².